The Morgan fingerprint density at radius 2 is 1.61 bits per heavy atom. The molecule has 4 amide bonds. The molecule has 0 saturated carbocycles. The number of nitrogens with one attached hydrogen (secondary N) is 3. The zero-order valence-electron chi connectivity index (χ0n) is 20.4. The highest BCUT2D eigenvalue weighted by atomic mass is 16.6. The Balaban J connectivity index is 5.32. The number of nitrogens with two attached hydrogens (primary N) is 2. The molecule has 0 unspecified atom stereocenters. The number of hydrogen-bond donors (Lipinski definition) is 5. The number of rotatable bonds is 15. The summed E-state index contributed by atoms with van der Waals surface area (Å²) in [6.45, 7) is 9.31. The second-order valence-electron chi connectivity index (χ2n) is 9.43. The van der Waals surface area contributed by atoms with Crippen molar-refractivity contribution in [3.05, 3.63) is 0 Å². The van der Waals surface area contributed by atoms with Crippen LogP contribution in [-0.4, -0.2) is 60.4 Å². The third-order valence-corrected chi connectivity index (χ3v) is 4.51. The first-order valence-electron chi connectivity index (χ1n) is 11.3. The molecule has 190 valence electrons. The van der Waals surface area contributed by atoms with Crippen molar-refractivity contribution >= 4 is 30.1 Å². The molecular formula is C22H41N5O6. The summed E-state index contributed by atoms with van der Waals surface area (Å²) in [5, 5.41) is 7.65. The quantitative estimate of drug-likeness (QED) is 0.169. The van der Waals surface area contributed by atoms with Crippen LogP contribution < -0.4 is 27.4 Å². The summed E-state index contributed by atoms with van der Waals surface area (Å²) in [5.74, 6) is -1.98. The van der Waals surface area contributed by atoms with E-state index < -0.39 is 47.5 Å². The number of unbranched alkanes of at least 4 members (excludes halogenated alkanes) is 1. The van der Waals surface area contributed by atoms with Gasteiger partial charge in [0.25, 0.3) is 0 Å². The van der Waals surface area contributed by atoms with Crippen molar-refractivity contribution in [3.8, 4) is 0 Å². The van der Waals surface area contributed by atoms with E-state index in [0.717, 1.165) is 19.1 Å². The van der Waals surface area contributed by atoms with Crippen molar-refractivity contribution in [1.82, 2.24) is 16.0 Å². The van der Waals surface area contributed by atoms with Gasteiger partial charge < -0.3 is 26.3 Å². The van der Waals surface area contributed by atoms with Crippen LogP contribution in [0.2, 0.25) is 0 Å². The van der Waals surface area contributed by atoms with Gasteiger partial charge in [-0.3, -0.25) is 25.0 Å². The molecule has 0 spiro atoms. The molecule has 11 heteroatoms. The number of ether oxygens (including phenoxy) is 1. The van der Waals surface area contributed by atoms with Crippen LogP contribution in [0.15, 0.2) is 0 Å². The number of hydrogen-bond acceptors (Lipinski definition) is 8. The molecule has 0 fully saturated rings. The van der Waals surface area contributed by atoms with E-state index in [1.54, 1.807) is 20.8 Å². The predicted molar refractivity (Wildman–Crippen MR) is 124 cm³/mol. The molecule has 3 atom stereocenters. The Hall–Kier alpha value is -2.53. The third-order valence-electron chi connectivity index (χ3n) is 4.51. The summed E-state index contributed by atoms with van der Waals surface area (Å²) in [7, 11) is 0. The topological polar surface area (TPSA) is 183 Å². The van der Waals surface area contributed by atoms with Crippen molar-refractivity contribution in [2.75, 3.05) is 6.54 Å². The van der Waals surface area contributed by atoms with Crippen LogP contribution in [0.5, 0.6) is 0 Å². The molecule has 0 saturated heterocycles. The number of imide groups is 1. The fourth-order valence-corrected chi connectivity index (χ4v) is 2.98. The number of alkyl carbamates (subject to hydrolysis) is 1. The molecule has 7 N–H and O–H groups in total. The van der Waals surface area contributed by atoms with E-state index in [2.05, 4.69) is 16.0 Å². The van der Waals surface area contributed by atoms with E-state index in [1.807, 2.05) is 13.8 Å². The maximum absolute atomic E-state index is 12.9. The van der Waals surface area contributed by atoms with Crippen molar-refractivity contribution in [2.45, 2.75) is 96.9 Å². The monoisotopic (exact) mass is 471 g/mol. The zero-order valence-corrected chi connectivity index (χ0v) is 20.4. The maximum Gasteiger partial charge on any atom is 0.408 e. The van der Waals surface area contributed by atoms with E-state index in [9.17, 15) is 24.0 Å². The van der Waals surface area contributed by atoms with Gasteiger partial charge in [-0.2, -0.15) is 0 Å². The van der Waals surface area contributed by atoms with Crippen LogP contribution in [0.25, 0.3) is 0 Å². The second-order valence-corrected chi connectivity index (χ2v) is 9.43. The predicted octanol–water partition coefficient (Wildman–Crippen LogP) is 0.489. The molecule has 0 radical (unpaired) electrons. The molecule has 0 aromatic rings. The molecule has 0 aliphatic heterocycles. The highest BCUT2D eigenvalue weighted by Crippen LogP contribution is 2.10. The minimum absolute atomic E-state index is 0.102. The fourth-order valence-electron chi connectivity index (χ4n) is 2.98. The Morgan fingerprint density at radius 1 is 1.00 bits per heavy atom. The number of carbonyl (C=O) groups excluding carboxylic acids is 5. The summed E-state index contributed by atoms with van der Waals surface area (Å²) < 4.78 is 5.15. The lowest BCUT2D eigenvalue weighted by atomic mass is 10.0. The van der Waals surface area contributed by atoms with Gasteiger partial charge in [-0.05, 0) is 58.9 Å². The molecule has 0 aliphatic rings. The van der Waals surface area contributed by atoms with E-state index in [4.69, 9.17) is 16.2 Å². The van der Waals surface area contributed by atoms with Crippen LogP contribution >= 0.6 is 0 Å². The first kappa shape index (κ1) is 30.5. The van der Waals surface area contributed by atoms with Gasteiger partial charge in [0.05, 0.1) is 12.1 Å². The summed E-state index contributed by atoms with van der Waals surface area (Å²) in [4.78, 5) is 60.4. The molecule has 0 bridgehead atoms. The Labute approximate surface area is 196 Å². The Morgan fingerprint density at radius 3 is 2.09 bits per heavy atom. The first-order valence-corrected chi connectivity index (χ1v) is 11.3. The van der Waals surface area contributed by atoms with Crippen LogP contribution in [0.4, 0.5) is 4.79 Å². The largest absolute Gasteiger partial charge is 0.444 e. The van der Waals surface area contributed by atoms with Crippen molar-refractivity contribution in [2.24, 2.45) is 17.4 Å². The smallest absolute Gasteiger partial charge is 0.408 e. The second kappa shape index (κ2) is 15.3. The summed E-state index contributed by atoms with van der Waals surface area (Å²) in [6, 6.07) is -2.57. The number of primary amides is 1. The lowest BCUT2D eigenvalue weighted by Gasteiger charge is -2.25. The molecular weight excluding hydrogens is 430 g/mol. The van der Waals surface area contributed by atoms with Gasteiger partial charge in [-0.1, -0.05) is 20.3 Å². The molecule has 0 aliphatic carbocycles. The summed E-state index contributed by atoms with van der Waals surface area (Å²) >= 11 is 0. The van der Waals surface area contributed by atoms with E-state index >= 15 is 0 Å². The fraction of sp³-hybridized carbons (Fsp3) is 0.773. The number of amides is 4. The van der Waals surface area contributed by atoms with Crippen molar-refractivity contribution < 1.29 is 28.7 Å². The van der Waals surface area contributed by atoms with Crippen LogP contribution in [-0.2, 0) is 23.9 Å². The summed E-state index contributed by atoms with van der Waals surface area (Å²) in [5.41, 5.74) is 9.85. The van der Waals surface area contributed by atoms with E-state index in [1.165, 1.54) is 0 Å². The van der Waals surface area contributed by atoms with Gasteiger partial charge in [-0.25, -0.2) is 4.79 Å². The standard InChI is InChI=1S/C22H41N5O6/c1-14(2)12-17(25-15(13-28)8-6-7-11-23)20(31)27-19(30)16(9-10-18(24)29)26-21(32)33-22(3,4)5/h13-17,25H,6-12,23H2,1-5H3,(H2,24,29)(H,26,32)(H,27,30,31)/t15-,16-,17-/m0/s1. The average Bonchev–Trinajstić information content (AvgIpc) is 2.67. The van der Waals surface area contributed by atoms with Gasteiger partial charge in [0.1, 0.15) is 17.9 Å². The number of aldehydes is 1. The lowest BCUT2D eigenvalue weighted by Crippen LogP contribution is -2.55. The summed E-state index contributed by atoms with van der Waals surface area (Å²) in [6.07, 6.45) is 1.95. The molecule has 0 aromatic carbocycles. The Bertz CT molecular complexity index is 662. The molecule has 33 heavy (non-hydrogen) atoms. The highest BCUT2D eigenvalue weighted by molar-refractivity contribution is 6.01. The van der Waals surface area contributed by atoms with Crippen LogP contribution in [0, 0.1) is 5.92 Å². The van der Waals surface area contributed by atoms with Gasteiger partial charge in [0.2, 0.25) is 17.7 Å². The highest BCUT2D eigenvalue weighted by Gasteiger charge is 2.29. The normalized spacial score (nSPS) is 14.2. The SMILES string of the molecule is CC(C)C[C@H](N[C@H](C=O)CCCCN)C(=O)NC(=O)[C@H](CCC(N)=O)NC(=O)OC(C)(C)C. The van der Waals surface area contributed by atoms with E-state index in [0.29, 0.717) is 19.4 Å². The molecule has 0 heterocycles. The minimum Gasteiger partial charge on any atom is -0.444 e. The van der Waals surface area contributed by atoms with Gasteiger partial charge in [0.15, 0.2) is 0 Å². The van der Waals surface area contributed by atoms with Crippen molar-refractivity contribution in [1.29, 1.82) is 0 Å². The third kappa shape index (κ3) is 15.0. The Kier molecular flexibility index (Phi) is 14.2. The van der Waals surface area contributed by atoms with Gasteiger partial charge in [-0.15, -0.1) is 0 Å². The van der Waals surface area contributed by atoms with E-state index in [-0.39, 0.29) is 18.8 Å². The molecule has 11 nitrogen and oxygen atoms in total. The van der Waals surface area contributed by atoms with Crippen molar-refractivity contribution in [3.63, 3.8) is 0 Å². The minimum atomic E-state index is -1.21. The van der Waals surface area contributed by atoms with Crippen LogP contribution in [0.1, 0.15) is 73.1 Å². The molecule has 0 rings (SSSR count). The maximum atomic E-state index is 12.9. The lowest BCUT2D eigenvalue weighted by molar-refractivity contribution is -0.133. The van der Waals surface area contributed by atoms with Gasteiger partial charge >= 0.3 is 6.09 Å². The average molecular weight is 472 g/mol. The molecule has 0 aromatic heterocycles. The number of carbonyl (C=O) groups is 5. The first-order chi connectivity index (χ1) is 15.3. The van der Waals surface area contributed by atoms with Gasteiger partial charge in [0, 0.05) is 6.42 Å². The zero-order chi connectivity index (χ0) is 25.6. The van der Waals surface area contributed by atoms with Crippen LogP contribution in [0.3, 0.4) is 0 Å².